The fourth-order valence-corrected chi connectivity index (χ4v) is 3.06. The first-order valence-corrected chi connectivity index (χ1v) is 8.95. The molecule has 0 saturated carbocycles. The first kappa shape index (κ1) is 18.3. The van der Waals surface area contributed by atoms with Crippen LogP contribution in [-0.4, -0.2) is 24.5 Å². The van der Waals surface area contributed by atoms with Gasteiger partial charge in [-0.3, -0.25) is 9.59 Å². The van der Waals surface area contributed by atoms with Gasteiger partial charge in [0, 0.05) is 17.5 Å². The van der Waals surface area contributed by atoms with Crippen LogP contribution in [0.1, 0.15) is 35.3 Å². The van der Waals surface area contributed by atoms with Gasteiger partial charge in [-0.25, -0.2) is 0 Å². The summed E-state index contributed by atoms with van der Waals surface area (Å²) in [4.78, 5) is 24.8. The molecule has 2 N–H and O–H groups in total. The fraction of sp³-hybridized carbons (Fsp3) is 0.300. The Balaban J connectivity index is 1.74. The van der Waals surface area contributed by atoms with Crippen molar-refractivity contribution < 1.29 is 14.3 Å². The standard InChI is InChI=1S/C20H21ClN2O3/c1-12(2)22-20(25)16-5-4-15(21)11-17(16)23-19(24)10-13-3-6-18-14(9-13)7-8-26-18/h3-6,9,11-12H,7-8,10H2,1-2H3,(H,22,25)(H,23,24). The number of anilines is 1. The summed E-state index contributed by atoms with van der Waals surface area (Å²) in [7, 11) is 0. The average Bonchev–Trinajstić information content (AvgIpc) is 3.01. The van der Waals surface area contributed by atoms with Crippen molar-refractivity contribution in [1.29, 1.82) is 0 Å². The van der Waals surface area contributed by atoms with E-state index in [1.807, 2.05) is 32.0 Å². The molecule has 0 spiro atoms. The number of ether oxygens (including phenoxy) is 1. The summed E-state index contributed by atoms with van der Waals surface area (Å²) < 4.78 is 5.48. The van der Waals surface area contributed by atoms with Crippen LogP contribution in [-0.2, 0) is 17.6 Å². The molecule has 136 valence electrons. The van der Waals surface area contributed by atoms with Crippen molar-refractivity contribution in [3.8, 4) is 5.75 Å². The largest absolute Gasteiger partial charge is 0.493 e. The van der Waals surface area contributed by atoms with Gasteiger partial charge < -0.3 is 15.4 Å². The minimum absolute atomic E-state index is 0.00429. The van der Waals surface area contributed by atoms with Crippen molar-refractivity contribution in [3.05, 3.63) is 58.1 Å². The van der Waals surface area contributed by atoms with E-state index in [4.69, 9.17) is 16.3 Å². The van der Waals surface area contributed by atoms with Gasteiger partial charge in [0.2, 0.25) is 5.91 Å². The summed E-state index contributed by atoms with van der Waals surface area (Å²) in [5.41, 5.74) is 2.82. The number of hydrogen-bond donors (Lipinski definition) is 2. The molecule has 0 aromatic heterocycles. The average molecular weight is 373 g/mol. The van der Waals surface area contributed by atoms with Crippen LogP contribution < -0.4 is 15.4 Å². The van der Waals surface area contributed by atoms with Crippen molar-refractivity contribution in [2.45, 2.75) is 32.7 Å². The first-order valence-electron chi connectivity index (χ1n) is 8.57. The van der Waals surface area contributed by atoms with E-state index in [0.29, 0.717) is 22.9 Å². The minimum atomic E-state index is -0.248. The van der Waals surface area contributed by atoms with E-state index in [1.54, 1.807) is 18.2 Å². The smallest absolute Gasteiger partial charge is 0.253 e. The highest BCUT2D eigenvalue weighted by Gasteiger charge is 2.17. The van der Waals surface area contributed by atoms with Crippen LogP contribution in [0, 0.1) is 0 Å². The Morgan fingerprint density at radius 1 is 1.19 bits per heavy atom. The van der Waals surface area contributed by atoms with Gasteiger partial charge in [0.05, 0.1) is 24.3 Å². The second-order valence-electron chi connectivity index (χ2n) is 6.58. The summed E-state index contributed by atoms with van der Waals surface area (Å²) in [6.07, 6.45) is 1.07. The summed E-state index contributed by atoms with van der Waals surface area (Å²) in [5.74, 6) is 0.433. The molecule has 3 rings (SSSR count). The highest BCUT2D eigenvalue weighted by atomic mass is 35.5. The highest BCUT2D eigenvalue weighted by Crippen LogP contribution is 2.26. The molecule has 0 unspecified atom stereocenters. The quantitative estimate of drug-likeness (QED) is 0.842. The molecular formula is C20H21ClN2O3. The minimum Gasteiger partial charge on any atom is -0.493 e. The number of benzene rings is 2. The summed E-state index contributed by atoms with van der Waals surface area (Å²) >= 11 is 6.04. The number of hydrogen-bond acceptors (Lipinski definition) is 3. The van der Waals surface area contributed by atoms with Gasteiger partial charge in [0.15, 0.2) is 0 Å². The van der Waals surface area contributed by atoms with E-state index in [0.717, 1.165) is 23.3 Å². The lowest BCUT2D eigenvalue weighted by Gasteiger charge is -2.14. The maximum Gasteiger partial charge on any atom is 0.253 e. The molecule has 6 heteroatoms. The highest BCUT2D eigenvalue weighted by molar-refractivity contribution is 6.31. The van der Waals surface area contributed by atoms with Crippen molar-refractivity contribution in [1.82, 2.24) is 5.32 Å². The third kappa shape index (κ3) is 4.35. The molecule has 0 aliphatic carbocycles. The molecular weight excluding hydrogens is 352 g/mol. The number of halogens is 1. The monoisotopic (exact) mass is 372 g/mol. The van der Waals surface area contributed by atoms with Crippen LogP contribution >= 0.6 is 11.6 Å². The summed E-state index contributed by atoms with van der Waals surface area (Å²) in [5, 5.41) is 6.08. The Bertz CT molecular complexity index is 849. The van der Waals surface area contributed by atoms with Gasteiger partial charge >= 0.3 is 0 Å². The van der Waals surface area contributed by atoms with Gasteiger partial charge in [-0.1, -0.05) is 23.7 Å². The van der Waals surface area contributed by atoms with E-state index in [9.17, 15) is 9.59 Å². The molecule has 5 nitrogen and oxygen atoms in total. The van der Waals surface area contributed by atoms with Crippen molar-refractivity contribution >= 4 is 29.1 Å². The Labute approximate surface area is 157 Å². The van der Waals surface area contributed by atoms with Gasteiger partial charge in [0.25, 0.3) is 5.91 Å². The molecule has 2 aromatic rings. The van der Waals surface area contributed by atoms with Gasteiger partial charge in [-0.15, -0.1) is 0 Å². The predicted molar refractivity (Wildman–Crippen MR) is 102 cm³/mol. The molecule has 0 radical (unpaired) electrons. The van der Waals surface area contributed by atoms with Gasteiger partial charge in [-0.2, -0.15) is 0 Å². The number of carbonyl (C=O) groups is 2. The molecule has 1 aliphatic rings. The maximum absolute atomic E-state index is 12.5. The van der Waals surface area contributed by atoms with Crippen molar-refractivity contribution in [2.75, 3.05) is 11.9 Å². The second-order valence-corrected chi connectivity index (χ2v) is 7.02. The van der Waals surface area contributed by atoms with E-state index >= 15 is 0 Å². The van der Waals surface area contributed by atoms with Crippen LogP contribution in [0.15, 0.2) is 36.4 Å². The molecule has 26 heavy (non-hydrogen) atoms. The maximum atomic E-state index is 12.5. The van der Waals surface area contributed by atoms with Crippen molar-refractivity contribution in [3.63, 3.8) is 0 Å². The lowest BCUT2D eigenvalue weighted by molar-refractivity contribution is -0.115. The Morgan fingerprint density at radius 3 is 2.77 bits per heavy atom. The zero-order valence-corrected chi connectivity index (χ0v) is 15.5. The Kier molecular flexibility index (Phi) is 5.47. The van der Waals surface area contributed by atoms with Gasteiger partial charge in [0.1, 0.15) is 5.75 Å². The predicted octanol–water partition coefficient (Wildman–Crippen LogP) is 3.59. The fourth-order valence-electron chi connectivity index (χ4n) is 2.89. The van der Waals surface area contributed by atoms with Gasteiger partial charge in [-0.05, 0) is 49.2 Å². The number of fused-ring (bicyclic) bond motifs is 1. The number of amides is 2. The molecule has 1 aliphatic heterocycles. The van der Waals surface area contributed by atoms with E-state index in [1.165, 1.54) is 0 Å². The number of carbonyl (C=O) groups excluding carboxylic acids is 2. The Morgan fingerprint density at radius 2 is 2.00 bits per heavy atom. The molecule has 1 heterocycles. The molecule has 0 atom stereocenters. The summed E-state index contributed by atoms with van der Waals surface area (Å²) in [6, 6.07) is 10.6. The van der Waals surface area contributed by atoms with Crippen molar-refractivity contribution in [2.24, 2.45) is 0 Å². The Hall–Kier alpha value is -2.53. The lowest BCUT2D eigenvalue weighted by Crippen LogP contribution is -2.31. The molecule has 0 saturated heterocycles. The van der Waals surface area contributed by atoms with Crippen LogP contribution in [0.3, 0.4) is 0 Å². The topological polar surface area (TPSA) is 67.4 Å². The molecule has 0 fully saturated rings. The lowest BCUT2D eigenvalue weighted by atomic mass is 10.1. The van der Waals surface area contributed by atoms with Crippen LogP contribution in [0.2, 0.25) is 5.02 Å². The van der Waals surface area contributed by atoms with Crippen LogP contribution in [0.25, 0.3) is 0 Å². The molecule has 2 amide bonds. The molecule has 2 aromatic carbocycles. The summed E-state index contributed by atoms with van der Waals surface area (Å²) in [6.45, 7) is 4.44. The van der Waals surface area contributed by atoms with Crippen LogP contribution in [0.4, 0.5) is 5.69 Å². The number of rotatable bonds is 5. The first-order chi connectivity index (χ1) is 12.4. The van der Waals surface area contributed by atoms with E-state index in [2.05, 4.69) is 10.6 Å². The normalized spacial score (nSPS) is 12.5. The van der Waals surface area contributed by atoms with Crippen LogP contribution in [0.5, 0.6) is 5.75 Å². The number of nitrogens with one attached hydrogen (secondary N) is 2. The zero-order valence-electron chi connectivity index (χ0n) is 14.8. The van der Waals surface area contributed by atoms with E-state index in [-0.39, 0.29) is 24.3 Å². The third-order valence-electron chi connectivity index (χ3n) is 4.04. The third-order valence-corrected chi connectivity index (χ3v) is 4.27. The van der Waals surface area contributed by atoms with E-state index < -0.39 is 0 Å². The zero-order chi connectivity index (χ0) is 18.7. The molecule has 0 bridgehead atoms. The SMILES string of the molecule is CC(C)NC(=O)c1ccc(Cl)cc1NC(=O)Cc1ccc2c(c1)CCO2. The second kappa shape index (κ2) is 7.79.